The molecule has 0 fully saturated rings. The zero-order valence-electron chi connectivity index (χ0n) is 10.9. The second-order valence-electron chi connectivity index (χ2n) is 4.19. The standard InChI is InChI=1S/C14H12Cl2N2O3/c15-11-4-3-9(6-12(11)16)7-17-13(19)14(20)18-8-10-2-1-5-21-10/h1-6H,7-8H2,(H,17,19)(H,18,20). The van der Waals surface area contributed by atoms with Crippen LogP contribution in [-0.2, 0) is 22.7 Å². The fourth-order valence-corrected chi connectivity index (χ4v) is 1.89. The van der Waals surface area contributed by atoms with E-state index >= 15 is 0 Å². The average Bonchev–Trinajstić information content (AvgIpc) is 2.99. The quantitative estimate of drug-likeness (QED) is 0.848. The van der Waals surface area contributed by atoms with Crippen molar-refractivity contribution in [1.82, 2.24) is 10.6 Å². The highest BCUT2D eigenvalue weighted by Gasteiger charge is 2.13. The second-order valence-corrected chi connectivity index (χ2v) is 5.01. The summed E-state index contributed by atoms with van der Waals surface area (Å²) in [4.78, 5) is 23.2. The maximum atomic E-state index is 11.6. The highest BCUT2D eigenvalue weighted by molar-refractivity contribution is 6.42. The molecule has 2 N–H and O–H groups in total. The van der Waals surface area contributed by atoms with Crippen molar-refractivity contribution in [3.8, 4) is 0 Å². The molecule has 5 nitrogen and oxygen atoms in total. The SMILES string of the molecule is O=C(NCc1ccc(Cl)c(Cl)c1)C(=O)NCc1ccco1. The van der Waals surface area contributed by atoms with Crippen LogP contribution in [0.5, 0.6) is 0 Å². The van der Waals surface area contributed by atoms with Crippen molar-refractivity contribution >= 4 is 35.0 Å². The van der Waals surface area contributed by atoms with Crippen LogP contribution < -0.4 is 10.6 Å². The first-order valence-corrected chi connectivity index (χ1v) is 6.84. The molecule has 0 aliphatic carbocycles. The Morgan fingerprint density at radius 2 is 1.71 bits per heavy atom. The first kappa shape index (κ1) is 15.4. The number of nitrogens with one attached hydrogen (secondary N) is 2. The summed E-state index contributed by atoms with van der Waals surface area (Å²) in [5.41, 5.74) is 0.747. The molecule has 0 atom stereocenters. The molecular formula is C14H12Cl2N2O3. The first-order valence-electron chi connectivity index (χ1n) is 6.08. The number of hydrogen-bond donors (Lipinski definition) is 2. The Bertz CT molecular complexity index is 642. The molecular weight excluding hydrogens is 315 g/mol. The smallest absolute Gasteiger partial charge is 0.309 e. The molecule has 0 saturated carbocycles. The van der Waals surface area contributed by atoms with Gasteiger partial charge in [0, 0.05) is 6.54 Å². The fourth-order valence-electron chi connectivity index (χ4n) is 1.57. The van der Waals surface area contributed by atoms with Gasteiger partial charge >= 0.3 is 11.8 Å². The molecule has 7 heteroatoms. The van der Waals surface area contributed by atoms with Crippen LogP contribution >= 0.6 is 23.2 Å². The Kier molecular flexibility index (Phi) is 5.25. The lowest BCUT2D eigenvalue weighted by Gasteiger charge is -2.06. The monoisotopic (exact) mass is 326 g/mol. The largest absolute Gasteiger partial charge is 0.467 e. The Morgan fingerprint density at radius 3 is 2.33 bits per heavy atom. The van der Waals surface area contributed by atoms with Gasteiger partial charge in [-0.15, -0.1) is 0 Å². The zero-order valence-corrected chi connectivity index (χ0v) is 12.4. The minimum Gasteiger partial charge on any atom is -0.467 e. The molecule has 0 aliphatic heterocycles. The van der Waals surface area contributed by atoms with E-state index in [9.17, 15) is 9.59 Å². The molecule has 1 heterocycles. The van der Waals surface area contributed by atoms with Gasteiger partial charge in [0.2, 0.25) is 0 Å². The van der Waals surface area contributed by atoms with Crippen LogP contribution in [-0.4, -0.2) is 11.8 Å². The predicted octanol–water partition coefficient (Wildman–Crippen LogP) is 2.52. The van der Waals surface area contributed by atoms with Gasteiger partial charge in [-0.3, -0.25) is 9.59 Å². The average molecular weight is 327 g/mol. The topological polar surface area (TPSA) is 71.3 Å². The molecule has 21 heavy (non-hydrogen) atoms. The summed E-state index contributed by atoms with van der Waals surface area (Å²) >= 11 is 11.7. The predicted molar refractivity (Wildman–Crippen MR) is 78.9 cm³/mol. The van der Waals surface area contributed by atoms with Crippen molar-refractivity contribution in [3.63, 3.8) is 0 Å². The van der Waals surface area contributed by atoms with Crippen LogP contribution in [0.3, 0.4) is 0 Å². The fraction of sp³-hybridized carbons (Fsp3) is 0.143. The van der Waals surface area contributed by atoms with Crippen molar-refractivity contribution in [2.45, 2.75) is 13.1 Å². The van der Waals surface area contributed by atoms with E-state index in [0.717, 1.165) is 5.56 Å². The van der Waals surface area contributed by atoms with Crippen LogP contribution in [0, 0.1) is 0 Å². The van der Waals surface area contributed by atoms with E-state index in [0.29, 0.717) is 15.8 Å². The molecule has 2 aromatic rings. The van der Waals surface area contributed by atoms with Crippen LogP contribution in [0.15, 0.2) is 41.0 Å². The summed E-state index contributed by atoms with van der Waals surface area (Å²) < 4.78 is 5.04. The Balaban J connectivity index is 1.80. The lowest BCUT2D eigenvalue weighted by atomic mass is 10.2. The highest BCUT2D eigenvalue weighted by Crippen LogP contribution is 2.22. The van der Waals surface area contributed by atoms with E-state index < -0.39 is 11.8 Å². The van der Waals surface area contributed by atoms with Gasteiger partial charge in [0.15, 0.2) is 0 Å². The Labute approximate surface area is 131 Å². The van der Waals surface area contributed by atoms with Crippen LogP contribution in [0.1, 0.15) is 11.3 Å². The summed E-state index contributed by atoms with van der Waals surface area (Å²) in [6.07, 6.45) is 1.49. The number of carbonyl (C=O) groups is 2. The molecule has 0 aliphatic rings. The van der Waals surface area contributed by atoms with E-state index in [1.54, 1.807) is 30.3 Å². The zero-order chi connectivity index (χ0) is 15.2. The number of carbonyl (C=O) groups excluding carboxylic acids is 2. The van der Waals surface area contributed by atoms with Gasteiger partial charge in [0.05, 0.1) is 22.9 Å². The molecule has 0 spiro atoms. The normalized spacial score (nSPS) is 10.2. The number of rotatable bonds is 4. The van der Waals surface area contributed by atoms with E-state index in [2.05, 4.69) is 10.6 Å². The molecule has 0 unspecified atom stereocenters. The van der Waals surface area contributed by atoms with E-state index in [1.807, 2.05) is 0 Å². The summed E-state index contributed by atoms with van der Waals surface area (Å²) in [6.45, 7) is 0.343. The molecule has 2 amide bonds. The molecule has 1 aromatic heterocycles. The van der Waals surface area contributed by atoms with Gasteiger partial charge in [0.1, 0.15) is 5.76 Å². The van der Waals surface area contributed by atoms with Gasteiger partial charge < -0.3 is 15.1 Å². The van der Waals surface area contributed by atoms with Crippen LogP contribution in [0.2, 0.25) is 10.0 Å². The third kappa shape index (κ3) is 4.51. The molecule has 0 bridgehead atoms. The third-order valence-corrected chi connectivity index (χ3v) is 3.39. The second kappa shape index (κ2) is 7.15. The number of hydrogen-bond acceptors (Lipinski definition) is 3. The summed E-state index contributed by atoms with van der Waals surface area (Å²) in [6, 6.07) is 8.38. The molecule has 0 saturated heterocycles. The van der Waals surface area contributed by atoms with E-state index in [4.69, 9.17) is 27.6 Å². The van der Waals surface area contributed by atoms with Crippen molar-refractivity contribution in [3.05, 3.63) is 58.0 Å². The molecule has 2 rings (SSSR count). The number of amides is 2. The van der Waals surface area contributed by atoms with Crippen LogP contribution in [0.4, 0.5) is 0 Å². The number of benzene rings is 1. The summed E-state index contributed by atoms with van der Waals surface area (Å²) in [5.74, 6) is -0.889. The third-order valence-electron chi connectivity index (χ3n) is 2.65. The van der Waals surface area contributed by atoms with Gasteiger partial charge in [-0.05, 0) is 29.8 Å². The van der Waals surface area contributed by atoms with Gasteiger partial charge in [0.25, 0.3) is 0 Å². The maximum Gasteiger partial charge on any atom is 0.309 e. The highest BCUT2D eigenvalue weighted by atomic mass is 35.5. The van der Waals surface area contributed by atoms with E-state index in [1.165, 1.54) is 6.26 Å². The Hall–Kier alpha value is -1.98. The molecule has 1 aromatic carbocycles. The van der Waals surface area contributed by atoms with E-state index in [-0.39, 0.29) is 13.1 Å². The number of halogens is 2. The lowest BCUT2D eigenvalue weighted by molar-refractivity contribution is -0.139. The summed E-state index contributed by atoms with van der Waals surface area (Å²) in [7, 11) is 0. The minimum absolute atomic E-state index is 0.159. The van der Waals surface area contributed by atoms with Crippen molar-refractivity contribution < 1.29 is 14.0 Å². The van der Waals surface area contributed by atoms with Crippen molar-refractivity contribution in [2.24, 2.45) is 0 Å². The van der Waals surface area contributed by atoms with Gasteiger partial charge in [-0.25, -0.2) is 0 Å². The van der Waals surface area contributed by atoms with Gasteiger partial charge in [-0.1, -0.05) is 29.3 Å². The first-order chi connectivity index (χ1) is 10.1. The molecule has 110 valence electrons. The van der Waals surface area contributed by atoms with Crippen molar-refractivity contribution in [1.29, 1.82) is 0 Å². The minimum atomic E-state index is -0.730. The lowest BCUT2D eigenvalue weighted by Crippen LogP contribution is -2.39. The van der Waals surface area contributed by atoms with Gasteiger partial charge in [-0.2, -0.15) is 0 Å². The number of furan rings is 1. The summed E-state index contributed by atoms with van der Waals surface area (Å²) in [5, 5.41) is 5.77. The van der Waals surface area contributed by atoms with Crippen molar-refractivity contribution in [2.75, 3.05) is 0 Å². The van der Waals surface area contributed by atoms with Crippen LogP contribution in [0.25, 0.3) is 0 Å². The Morgan fingerprint density at radius 1 is 1.00 bits per heavy atom. The maximum absolute atomic E-state index is 11.6. The molecule has 0 radical (unpaired) electrons.